The van der Waals surface area contributed by atoms with E-state index in [4.69, 9.17) is 10.8 Å². The van der Waals surface area contributed by atoms with Crippen LogP contribution in [-0.4, -0.2) is 21.6 Å². The predicted octanol–water partition coefficient (Wildman–Crippen LogP) is 2.78. The lowest BCUT2D eigenvalue weighted by molar-refractivity contribution is -0.456. The van der Waals surface area contributed by atoms with Crippen LogP contribution in [0.2, 0.25) is 0 Å². The Hall–Kier alpha value is -2.30. The third-order valence-corrected chi connectivity index (χ3v) is 2.91. The minimum Gasteiger partial charge on any atom is -0.258 e. The van der Waals surface area contributed by atoms with Crippen molar-refractivity contribution in [2.45, 2.75) is 45.4 Å². The van der Waals surface area contributed by atoms with Crippen LogP contribution in [0.4, 0.5) is 0 Å². The Morgan fingerprint density at radius 2 is 1.45 bits per heavy atom. The summed E-state index contributed by atoms with van der Waals surface area (Å²) in [6.07, 6.45) is 4.54. The molecule has 0 aliphatic rings. The highest BCUT2D eigenvalue weighted by molar-refractivity contribution is 5.58. The maximum Gasteiger partial charge on any atom is 0.320 e. The highest BCUT2D eigenvalue weighted by Gasteiger charge is 2.36. The molecule has 110 valence electrons. The Balaban J connectivity index is 4.99. The van der Waals surface area contributed by atoms with Crippen LogP contribution in [0.3, 0.4) is 0 Å². The molecule has 0 saturated heterocycles. The molecule has 0 rings (SSSR count). The molecule has 0 saturated carbocycles. The van der Waals surface area contributed by atoms with Gasteiger partial charge in [-0.3, -0.25) is 31.0 Å². The second-order valence-electron chi connectivity index (χ2n) is 4.29. The normalized spacial score (nSPS) is 11.1. The van der Waals surface area contributed by atoms with Gasteiger partial charge in [0.25, 0.3) is 0 Å². The lowest BCUT2D eigenvalue weighted by Gasteiger charge is -2.08. The molecule has 0 aromatic carbocycles. The van der Waals surface area contributed by atoms with Gasteiger partial charge in [0.15, 0.2) is 5.92 Å². The van der Waals surface area contributed by atoms with Gasteiger partial charge in [-0.05, 0) is 6.42 Å². The molecule has 0 aromatic rings. The fraction of sp³-hybridized carbons (Fsp3) is 0.667. The van der Waals surface area contributed by atoms with Gasteiger partial charge in [-0.1, -0.05) is 39.0 Å². The number of hydrogen-bond donors (Lipinski definition) is 2. The summed E-state index contributed by atoms with van der Waals surface area (Å²) in [5, 5.41) is 35.5. The van der Waals surface area contributed by atoms with Crippen molar-refractivity contribution < 1.29 is 9.85 Å². The summed E-state index contributed by atoms with van der Waals surface area (Å²) in [6, 6.07) is 0. The van der Waals surface area contributed by atoms with Gasteiger partial charge in [0.05, 0.1) is 21.6 Å². The Morgan fingerprint density at radius 1 is 1.00 bits per heavy atom. The number of nitrogens with zero attached hydrogens (tertiary/aromatic N) is 2. The van der Waals surface area contributed by atoms with Gasteiger partial charge < -0.3 is 0 Å². The topological polar surface area (TPSA) is 134 Å². The molecule has 0 heterocycles. The minimum absolute atomic E-state index is 0.147. The Kier molecular flexibility index (Phi) is 8.50. The molecule has 0 radical (unpaired) electrons. The predicted molar refractivity (Wildman–Crippen MR) is 73.3 cm³/mol. The van der Waals surface area contributed by atoms with Crippen LogP contribution < -0.4 is 0 Å². The van der Waals surface area contributed by atoms with Crippen molar-refractivity contribution in [1.29, 1.82) is 10.8 Å². The minimum atomic E-state index is -1.21. The summed E-state index contributed by atoms with van der Waals surface area (Å²) in [6.45, 7) is 2.05. The van der Waals surface area contributed by atoms with E-state index in [1.807, 2.05) is 6.92 Å². The van der Waals surface area contributed by atoms with Crippen molar-refractivity contribution in [3.63, 3.8) is 0 Å². The molecule has 0 aliphatic heterocycles. The van der Waals surface area contributed by atoms with Crippen molar-refractivity contribution in [3.8, 4) is 0 Å². The molecule has 0 atom stereocenters. The number of nitro groups is 2. The second-order valence-corrected chi connectivity index (χ2v) is 4.29. The Morgan fingerprint density at radius 3 is 1.80 bits per heavy atom. The van der Waals surface area contributed by atoms with Crippen LogP contribution in [-0.2, 0) is 0 Å². The maximum absolute atomic E-state index is 10.8. The van der Waals surface area contributed by atoms with E-state index in [0.717, 1.165) is 25.7 Å². The van der Waals surface area contributed by atoms with E-state index in [9.17, 15) is 20.2 Å². The molecular formula is C12H18N4O4. The SMILES string of the molecule is CCCCCCCC(C(=C=N)[N+](=O)[O-])C(=C=N)[N+](=O)[O-]. The molecule has 8 nitrogen and oxygen atoms in total. The highest BCUT2D eigenvalue weighted by atomic mass is 16.6. The van der Waals surface area contributed by atoms with Crippen LogP contribution in [0, 0.1) is 37.0 Å². The van der Waals surface area contributed by atoms with Crippen molar-refractivity contribution in [2.24, 2.45) is 5.92 Å². The molecule has 0 aromatic heterocycles. The van der Waals surface area contributed by atoms with Gasteiger partial charge >= 0.3 is 11.4 Å². The molecule has 0 unspecified atom stereocenters. The monoisotopic (exact) mass is 282 g/mol. The number of rotatable bonds is 10. The van der Waals surface area contributed by atoms with Crippen molar-refractivity contribution in [1.82, 2.24) is 0 Å². The van der Waals surface area contributed by atoms with E-state index in [-0.39, 0.29) is 6.42 Å². The van der Waals surface area contributed by atoms with E-state index >= 15 is 0 Å². The zero-order chi connectivity index (χ0) is 15.5. The van der Waals surface area contributed by atoms with Gasteiger partial charge in [-0.25, -0.2) is 0 Å². The van der Waals surface area contributed by atoms with Crippen molar-refractivity contribution >= 4 is 11.7 Å². The second kappa shape index (κ2) is 9.61. The molecule has 8 heteroatoms. The average Bonchev–Trinajstić information content (AvgIpc) is 2.38. The van der Waals surface area contributed by atoms with E-state index < -0.39 is 27.2 Å². The fourth-order valence-electron chi connectivity index (χ4n) is 1.87. The van der Waals surface area contributed by atoms with Gasteiger partial charge in [0, 0.05) is 0 Å². The first kappa shape index (κ1) is 17.7. The molecule has 0 fully saturated rings. The molecule has 0 spiro atoms. The van der Waals surface area contributed by atoms with Gasteiger partial charge in [-0.15, -0.1) is 0 Å². The quantitative estimate of drug-likeness (QED) is 0.275. The third kappa shape index (κ3) is 5.56. The first-order valence-corrected chi connectivity index (χ1v) is 6.37. The molecule has 0 amide bonds. The summed E-state index contributed by atoms with van der Waals surface area (Å²) in [5.74, 6) is 2.07. The van der Waals surface area contributed by atoms with Gasteiger partial charge in [0.2, 0.25) is 0 Å². The summed E-state index contributed by atoms with van der Waals surface area (Å²) in [4.78, 5) is 19.9. The first-order valence-electron chi connectivity index (χ1n) is 6.37. The highest BCUT2D eigenvalue weighted by Crippen LogP contribution is 2.24. The number of hydrogen-bond acceptors (Lipinski definition) is 6. The average molecular weight is 282 g/mol. The van der Waals surface area contributed by atoms with E-state index in [1.165, 1.54) is 0 Å². The standard InChI is InChI=1S/C12H18N4O4/c1-2-3-4-5-6-7-10(11(8-13)15(17)18)12(9-14)16(19)20/h10,13-14H,2-7H2,1H3. The zero-order valence-electron chi connectivity index (χ0n) is 11.3. The number of unbranched alkanes of at least 4 members (excludes halogenated alkanes) is 4. The summed E-state index contributed by atoms with van der Waals surface area (Å²) in [7, 11) is 0. The summed E-state index contributed by atoms with van der Waals surface area (Å²) >= 11 is 0. The number of nitrogens with one attached hydrogen (secondary N) is 2. The summed E-state index contributed by atoms with van der Waals surface area (Å²) in [5.41, 5.74) is -1.38. The van der Waals surface area contributed by atoms with E-state index in [0.29, 0.717) is 6.42 Å². The van der Waals surface area contributed by atoms with Crippen LogP contribution >= 0.6 is 0 Å². The third-order valence-electron chi connectivity index (χ3n) is 2.91. The fourth-order valence-corrected chi connectivity index (χ4v) is 1.87. The van der Waals surface area contributed by atoms with Crippen molar-refractivity contribution in [3.05, 3.63) is 31.6 Å². The van der Waals surface area contributed by atoms with Gasteiger partial charge in [-0.2, -0.15) is 0 Å². The lowest BCUT2D eigenvalue weighted by atomic mass is 9.95. The van der Waals surface area contributed by atoms with Crippen LogP contribution in [0.25, 0.3) is 0 Å². The van der Waals surface area contributed by atoms with Crippen LogP contribution in [0.15, 0.2) is 11.4 Å². The maximum atomic E-state index is 10.8. The molecule has 0 bridgehead atoms. The van der Waals surface area contributed by atoms with Gasteiger partial charge in [0.1, 0.15) is 0 Å². The van der Waals surface area contributed by atoms with Crippen LogP contribution in [0.1, 0.15) is 45.4 Å². The molecule has 2 N–H and O–H groups in total. The molecule has 20 heavy (non-hydrogen) atoms. The Bertz CT molecular complexity index is 426. The molecule has 0 aliphatic carbocycles. The van der Waals surface area contributed by atoms with E-state index in [2.05, 4.69) is 0 Å². The molecular weight excluding hydrogens is 264 g/mol. The smallest absolute Gasteiger partial charge is 0.258 e. The lowest BCUT2D eigenvalue weighted by Crippen LogP contribution is -2.20. The largest absolute Gasteiger partial charge is 0.320 e. The first-order chi connectivity index (χ1) is 9.49. The zero-order valence-corrected chi connectivity index (χ0v) is 11.3. The van der Waals surface area contributed by atoms with Crippen molar-refractivity contribution in [2.75, 3.05) is 0 Å². The van der Waals surface area contributed by atoms with Crippen LogP contribution in [0.5, 0.6) is 0 Å². The summed E-state index contributed by atoms with van der Waals surface area (Å²) < 4.78 is 0. The van der Waals surface area contributed by atoms with E-state index in [1.54, 1.807) is 11.7 Å². The Labute approximate surface area is 116 Å².